The van der Waals surface area contributed by atoms with Crippen LogP contribution in [-0.2, 0) is 11.2 Å². The average molecular weight is 360 g/mol. The van der Waals surface area contributed by atoms with Gasteiger partial charge in [0.05, 0.1) is 30.7 Å². The summed E-state index contributed by atoms with van der Waals surface area (Å²) < 4.78 is 11.3. The number of halogens is 1. The van der Waals surface area contributed by atoms with E-state index in [1.54, 1.807) is 11.0 Å². The van der Waals surface area contributed by atoms with Crippen LogP contribution in [0.3, 0.4) is 0 Å². The molecular weight excluding hydrogens is 338 g/mol. The van der Waals surface area contributed by atoms with Crippen molar-refractivity contribution in [3.8, 4) is 11.5 Å². The Morgan fingerprint density at radius 1 is 1.20 bits per heavy atom. The Bertz CT molecular complexity index is 748. The molecule has 2 aromatic carbocycles. The van der Waals surface area contributed by atoms with Crippen molar-refractivity contribution in [3.05, 3.63) is 58.6 Å². The molecule has 0 N–H and O–H groups in total. The van der Waals surface area contributed by atoms with Gasteiger partial charge in [0.25, 0.3) is 0 Å². The zero-order valence-corrected chi connectivity index (χ0v) is 15.3. The lowest BCUT2D eigenvalue weighted by Crippen LogP contribution is -2.30. The van der Waals surface area contributed by atoms with Crippen molar-refractivity contribution in [2.24, 2.45) is 0 Å². The minimum atomic E-state index is 0.00424. The van der Waals surface area contributed by atoms with E-state index in [0.717, 1.165) is 17.5 Å². The van der Waals surface area contributed by atoms with Gasteiger partial charge in [0.1, 0.15) is 0 Å². The van der Waals surface area contributed by atoms with Crippen molar-refractivity contribution in [1.29, 1.82) is 0 Å². The molecule has 0 bridgehead atoms. The van der Waals surface area contributed by atoms with Gasteiger partial charge < -0.3 is 14.4 Å². The fourth-order valence-corrected chi connectivity index (χ4v) is 3.14. The van der Waals surface area contributed by atoms with Crippen LogP contribution in [0.25, 0.3) is 0 Å². The second-order valence-electron chi connectivity index (χ2n) is 6.22. The molecule has 1 atom stereocenters. The van der Waals surface area contributed by atoms with Crippen LogP contribution in [-0.4, -0.2) is 31.1 Å². The Morgan fingerprint density at radius 2 is 1.92 bits per heavy atom. The summed E-state index contributed by atoms with van der Waals surface area (Å²) in [5.74, 6) is 1.22. The van der Waals surface area contributed by atoms with E-state index in [9.17, 15) is 4.79 Å². The number of carbonyl (C=O) groups excluding carboxylic acids is 1. The van der Waals surface area contributed by atoms with E-state index in [0.29, 0.717) is 29.7 Å². The van der Waals surface area contributed by atoms with Crippen LogP contribution in [0.4, 0.5) is 0 Å². The van der Waals surface area contributed by atoms with E-state index in [1.165, 1.54) is 0 Å². The molecule has 5 heteroatoms. The highest BCUT2D eigenvalue weighted by molar-refractivity contribution is 6.32. The molecule has 1 aliphatic heterocycles. The largest absolute Gasteiger partial charge is 0.489 e. The van der Waals surface area contributed by atoms with Crippen LogP contribution >= 0.6 is 11.6 Å². The fraction of sp³-hybridized carbons (Fsp3) is 0.350. The number of rotatable bonds is 4. The summed E-state index contributed by atoms with van der Waals surface area (Å²) >= 11 is 6.31. The van der Waals surface area contributed by atoms with Crippen LogP contribution in [0, 0.1) is 0 Å². The first-order chi connectivity index (χ1) is 12.1. The molecule has 3 rings (SSSR count). The predicted molar refractivity (Wildman–Crippen MR) is 98.4 cm³/mol. The third-order valence-electron chi connectivity index (χ3n) is 4.47. The molecule has 1 amide bonds. The smallest absolute Gasteiger partial charge is 0.227 e. The van der Waals surface area contributed by atoms with Gasteiger partial charge in [-0.05, 0) is 30.2 Å². The number of benzene rings is 2. The Morgan fingerprint density at radius 3 is 2.68 bits per heavy atom. The van der Waals surface area contributed by atoms with Crippen molar-refractivity contribution in [2.45, 2.75) is 25.8 Å². The Kier molecular flexibility index (Phi) is 5.49. The van der Waals surface area contributed by atoms with Gasteiger partial charge in [0, 0.05) is 13.5 Å². The lowest BCUT2D eigenvalue weighted by molar-refractivity contribution is -0.131. The minimum Gasteiger partial charge on any atom is -0.489 e. The Balaban J connectivity index is 1.74. The third-order valence-corrected chi connectivity index (χ3v) is 4.75. The Labute approximate surface area is 153 Å². The molecule has 132 valence electrons. The van der Waals surface area contributed by atoms with E-state index < -0.39 is 0 Å². The van der Waals surface area contributed by atoms with E-state index in [4.69, 9.17) is 21.1 Å². The number of hydrogen-bond donors (Lipinski definition) is 0. The first kappa shape index (κ1) is 17.6. The monoisotopic (exact) mass is 359 g/mol. The highest BCUT2D eigenvalue weighted by atomic mass is 35.5. The van der Waals surface area contributed by atoms with E-state index >= 15 is 0 Å². The van der Waals surface area contributed by atoms with E-state index in [-0.39, 0.29) is 18.4 Å². The number of amides is 1. The molecule has 0 fully saturated rings. The second-order valence-corrected chi connectivity index (χ2v) is 6.63. The van der Waals surface area contributed by atoms with Crippen LogP contribution in [0.2, 0.25) is 5.02 Å². The van der Waals surface area contributed by atoms with Gasteiger partial charge in [-0.15, -0.1) is 0 Å². The quantitative estimate of drug-likeness (QED) is 0.818. The van der Waals surface area contributed by atoms with Crippen molar-refractivity contribution < 1.29 is 14.3 Å². The standard InChI is InChI=1S/C20H22ClNO3/c1-14(16-7-4-3-5-8-16)22(2)19(23)13-15-11-17(21)20-18(12-15)24-9-6-10-25-20/h3-5,7-8,11-12,14H,6,9-10,13H2,1-2H3. The average Bonchev–Trinajstić information content (AvgIpc) is 2.87. The molecule has 1 unspecified atom stereocenters. The van der Waals surface area contributed by atoms with Crippen LogP contribution in [0.15, 0.2) is 42.5 Å². The topological polar surface area (TPSA) is 38.8 Å². The summed E-state index contributed by atoms with van der Waals surface area (Å²) in [4.78, 5) is 14.4. The molecular formula is C20H22ClNO3. The molecule has 0 radical (unpaired) electrons. The summed E-state index contributed by atoms with van der Waals surface area (Å²) in [7, 11) is 1.82. The predicted octanol–water partition coefficient (Wildman–Crippen LogP) is 4.26. The summed E-state index contributed by atoms with van der Waals surface area (Å²) in [5, 5.41) is 0.487. The van der Waals surface area contributed by atoms with Crippen molar-refractivity contribution in [1.82, 2.24) is 4.90 Å². The zero-order chi connectivity index (χ0) is 17.8. The number of hydrogen-bond acceptors (Lipinski definition) is 3. The lowest BCUT2D eigenvalue weighted by atomic mass is 10.1. The molecule has 0 saturated heterocycles. The van der Waals surface area contributed by atoms with Crippen molar-refractivity contribution >= 4 is 17.5 Å². The van der Waals surface area contributed by atoms with Crippen LogP contribution < -0.4 is 9.47 Å². The van der Waals surface area contributed by atoms with Crippen molar-refractivity contribution in [3.63, 3.8) is 0 Å². The summed E-state index contributed by atoms with van der Waals surface area (Å²) in [6.07, 6.45) is 1.08. The maximum absolute atomic E-state index is 12.7. The van der Waals surface area contributed by atoms with E-state index in [2.05, 4.69) is 0 Å². The van der Waals surface area contributed by atoms with Crippen LogP contribution in [0.1, 0.15) is 30.5 Å². The highest BCUT2D eigenvalue weighted by Gasteiger charge is 2.20. The second kappa shape index (κ2) is 7.79. The van der Waals surface area contributed by atoms with Gasteiger partial charge in [-0.25, -0.2) is 0 Å². The molecule has 25 heavy (non-hydrogen) atoms. The third kappa shape index (κ3) is 4.07. The minimum absolute atomic E-state index is 0.00424. The maximum Gasteiger partial charge on any atom is 0.227 e. The molecule has 0 saturated carbocycles. The molecule has 2 aromatic rings. The first-order valence-electron chi connectivity index (χ1n) is 8.45. The lowest BCUT2D eigenvalue weighted by Gasteiger charge is -2.25. The number of nitrogens with zero attached hydrogens (tertiary/aromatic N) is 1. The van der Waals surface area contributed by atoms with Gasteiger partial charge in [-0.3, -0.25) is 4.79 Å². The molecule has 0 aliphatic carbocycles. The number of fused-ring (bicyclic) bond motifs is 1. The number of ether oxygens (including phenoxy) is 2. The normalized spacial score (nSPS) is 14.5. The van der Waals surface area contributed by atoms with E-state index in [1.807, 2.05) is 50.4 Å². The van der Waals surface area contributed by atoms with Gasteiger partial charge in [-0.2, -0.15) is 0 Å². The molecule has 1 aliphatic rings. The zero-order valence-electron chi connectivity index (χ0n) is 14.5. The molecule has 4 nitrogen and oxygen atoms in total. The van der Waals surface area contributed by atoms with Gasteiger partial charge in [0.2, 0.25) is 5.91 Å². The number of carbonyl (C=O) groups is 1. The summed E-state index contributed by atoms with van der Waals surface area (Å²) in [6, 6.07) is 13.6. The fourth-order valence-electron chi connectivity index (χ4n) is 2.86. The Hall–Kier alpha value is -2.20. The number of likely N-dealkylation sites (N-methyl/N-ethyl adjacent to an activating group) is 1. The summed E-state index contributed by atoms with van der Waals surface area (Å²) in [5.41, 5.74) is 1.93. The van der Waals surface area contributed by atoms with Crippen LogP contribution in [0.5, 0.6) is 11.5 Å². The maximum atomic E-state index is 12.7. The molecule has 1 heterocycles. The van der Waals surface area contributed by atoms with Gasteiger partial charge >= 0.3 is 0 Å². The summed E-state index contributed by atoms with van der Waals surface area (Å²) in [6.45, 7) is 3.20. The van der Waals surface area contributed by atoms with Gasteiger partial charge in [0.15, 0.2) is 11.5 Å². The first-order valence-corrected chi connectivity index (χ1v) is 8.82. The SMILES string of the molecule is CC(c1ccccc1)N(C)C(=O)Cc1cc(Cl)c2c(c1)OCCCO2. The molecule has 0 spiro atoms. The highest BCUT2D eigenvalue weighted by Crippen LogP contribution is 2.38. The van der Waals surface area contributed by atoms with Crippen molar-refractivity contribution in [2.75, 3.05) is 20.3 Å². The van der Waals surface area contributed by atoms with Gasteiger partial charge in [-0.1, -0.05) is 41.9 Å². The molecule has 0 aromatic heterocycles.